The summed E-state index contributed by atoms with van der Waals surface area (Å²) >= 11 is 6.18. The van der Waals surface area contributed by atoms with Crippen molar-refractivity contribution < 1.29 is 19.2 Å². The van der Waals surface area contributed by atoms with Crippen LogP contribution in [0.2, 0.25) is 5.02 Å². The molecule has 1 aromatic heterocycles. The predicted octanol–water partition coefficient (Wildman–Crippen LogP) is 3.70. The highest BCUT2D eigenvalue weighted by Gasteiger charge is 2.32. The number of halogens is 1. The van der Waals surface area contributed by atoms with Crippen LogP contribution in [0.15, 0.2) is 70.2 Å². The summed E-state index contributed by atoms with van der Waals surface area (Å²) in [5.74, 6) is 1.83. The quantitative estimate of drug-likeness (QED) is 0.459. The van der Waals surface area contributed by atoms with Crippen LogP contribution in [0.1, 0.15) is 48.1 Å². The molecule has 0 bridgehead atoms. The Hall–Kier alpha value is -3.73. The molecule has 198 valence electrons. The average Bonchev–Trinajstić information content (AvgIpc) is 3.48. The normalized spacial score (nSPS) is 18.1. The molecule has 3 heterocycles. The molecule has 2 N–H and O–H groups in total. The number of amides is 1. The topological polar surface area (TPSA) is 111 Å². The van der Waals surface area contributed by atoms with Crippen LogP contribution in [0.3, 0.4) is 0 Å². The molecule has 6 rings (SSSR count). The molecule has 0 fully saturated rings. The zero-order valence-electron chi connectivity index (χ0n) is 21.6. The van der Waals surface area contributed by atoms with Gasteiger partial charge in [0.1, 0.15) is 17.6 Å². The zero-order chi connectivity index (χ0) is 27.1. The highest BCUT2D eigenvalue weighted by molar-refractivity contribution is 6.54. The Morgan fingerprint density at radius 2 is 2.05 bits per heavy atom. The second-order valence-corrected chi connectivity index (χ2v) is 10.3. The summed E-state index contributed by atoms with van der Waals surface area (Å²) in [7, 11) is 0.743. The van der Waals surface area contributed by atoms with Crippen molar-refractivity contribution in [1.29, 1.82) is 0 Å². The van der Waals surface area contributed by atoms with Gasteiger partial charge in [-0.2, -0.15) is 0 Å². The molecule has 3 aliphatic rings. The number of nitrogens with zero attached hydrogens (tertiary/aromatic N) is 4. The Morgan fingerprint density at radius 3 is 2.85 bits per heavy atom. The molecule has 1 atom stereocenters. The van der Waals surface area contributed by atoms with E-state index in [-0.39, 0.29) is 12.3 Å². The van der Waals surface area contributed by atoms with Gasteiger partial charge in [-0.3, -0.25) is 14.4 Å². The number of aromatic nitrogens is 3. The highest BCUT2D eigenvalue weighted by Crippen LogP contribution is 2.35. The molecule has 0 saturated heterocycles. The van der Waals surface area contributed by atoms with E-state index in [2.05, 4.69) is 15.5 Å². The van der Waals surface area contributed by atoms with E-state index in [0.29, 0.717) is 41.3 Å². The van der Waals surface area contributed by atoms with E-state index in [1.807, 2.05) is 60.0 Å². The number of rotatable bonds is 6. The molecule has 39 heavy (non-hydrogen) atoms. The first kappa shape index (κ1) is 25.5. The molecule has 0 spiro atoms. The van der Waals surface area contributed by atoms with E-state index in [9.17, 15) is 9.82 Å². The van der Waals surface area contributed by atoms with Gasteiger partial charge in [-0.05, 0) is 61.1 Å². The van der Waals surface area contributed by atoms with Gasteiger partial charge in [0.05, 0.1) is 31.5 Å². The highest BCUT2D eigenvalue weighted by atomic mass is 35.5. The molecule has 9 nitrogen and oxygen atoms in total. The van der Waals surface area contributed by atoms with Crippen LogP contribution in [0.4, 0.5) is 0 Å². The summed E-state index contributed by atoms with van der Waals surface area (Å²) in [6.45, 7) is 2.75. The van der Waals surface area contributed by atoms with Gasteiger partial charge in [-0.15, -0.1) is 10.2 Å². The number of hydrogen-bond acceptors (Lipinski definition) is 7. The summed E-state index contributed by atoms with van der Waals surface area (Å²) in [4.78, 5) is 18.3. The Bertz CT molecular complexity index is 1550. The number of methoxy groups -OCH3 is 1. The number of hydrogen-bond donors (Lipinski definition) is 2. The third-order valence-electron chi connectivity index (χ3n) is 7.34. The Balaban J connectivity index is 1.33. The van der Waals surface area contributed by atoms with Crippen molar-refractivity contribution in [2.45, 2.75) is 32.2 Å². The third kappa shape index (κ3) is 4.91. The van der Waals surface area contributed by atoms with E-state index in [1.165, 1.54) is 0 Å². The largest absolute Gasteiger partial charge is 0.497 e. The molecule has 0 radical (unpaired) electrons. The summed E-state index contributed by atoms with van der Waals surface area (Å²) in [6, 6.07) is 12.7. The van der Waals surface area contributed by atoms with Crippen molar-refractivity contribution in [3.05, 3.63) is 93.0 Å². The monoisotopic (exact) mass is 543 g/mol. The smallest absolute Gasteiger partial charge is 0.491 e. The number of benzene rings is 2. The number of aliphatic imine (C=N–C) groups is 1. The Kier molecular flexibility index (Phi) is 6.84. The van der Waals surface area contributed by atoms with Crippen molar-refractivity contribution in [2.24, 2.45) is 4.99 Å². The van der Waals surface area contributed by atoms with Crippen molar-refractivity contribution in [3.63, 3.8) is 0 Å². The van der Waals surface area contributed by atoms with Gasteiger partial charge >= 0.3 is 7.12 Å². The van der Waals surface area contributed by atoms with Crippen LogP contribution < -0.4 is 10.1 Å². The van der Waals surface area contributed by atoms with Crippen LogP contribution in [0.25, 0.3) is 5.69 Å². The number of fused-ring (bicyclic) bond motifs is 3. The van der Waals surface area contributed by atoms with Gasteiger partial charge in [0.2, 0.25) is 5.91 Å². The van der Waals surface area contributed by atoms with Crippen LogP contribution in [-0.2, 0) is 9.45 Å². The minimum absolute atomic E-state index is 0.0906. The first-order valence-corrected chi connectivity index (χ1v) is 13.2. The van der Waals surface area contributed by atoms with Crippen molar-refractivity contribution in [3.8, 4) is 11.4 Å². The molecular formula is C28H27BClN5O4. The molecule has 1 aliphatic carbocycles. The molecule has 3 aromatic rings. The van der Waals surface area contributed by atoms with E-state index in [4.69, 9.17) is 26.0 Å². The zero-order valence-corrected chi connectivity index (χ0v) is 22.4. The lowest BCUT2D eigenvalue weighted by Crippen LogP contribution is -2.28. The minimum Gasteiger partial charge on any atom is -0.497 e. The standard InChI is InChI=1S/C28H27BClN5O4/c1-16-33-34-28-24(13-26(36)31-14-17-3-4-19-15-39-29(37)23(19)11-17)32-27(18-5-7-20(30)8-6-18)22-12-21(38-2)9-10-25(22)35(16)28/h5-12,24,37H,3-4,13-15H2,1-2H3,(H,31,36). The van der Waals surface area contributed by atoms with Gasteiger partial charge in [-0.1, -0.05) is 35.4 Å². The first-order valence-electron chi connectivity index (χ1n) is 12.8. The fourth-order valence-electron chi connectivity index (χ4n) is 5.30. The van der Waals surface area contributed by atoms with Crippen LogP contribution in [-0.4, -0.2) is 58.8 Å². The fourth-order valence-corrected chi connectivity index (χ4v) is 5.42. The summed E-state index contributed by atoms with van der Waals surface area (Å²) < 4.78 is 12.8. The second-order valence-electron chi connectivity index (χ2n) is 9.83. The number of carbonyl (C=O) groups excluding carboxylic acids is 1. The fraction of sp³-hybridized carbons (Fsp3) is 0.286. The van der Waals surface area contributed by atoms with Gasteiger partial charge < -0.3 is 19.7 Å². The maximum atomic E-state index is 13.2. The third-order valence-corrected chi connectivity index (χ3v) is 7.59. The summed E-state index contributed by atoms with van der Waals surface area (Å²) in [6.07, 6.45) is 3.69. The van der Waals surface area contributed by atoms with Crippen molar-refractivity contribution in [2.75, 3.05) is 20.3 Å². The second kappa shape index (κ2) is 10.4. The van der Waals surface area contributed by atoms with Crippen LogP contribution >= 0.6 is 11.6 Å². The number of ether oxygens (including phenoxy) is 1. The molecule has 2 aromatic carbocycles. The molecule has 1 unspecified atom stereocenters. The van der Waals surface area contributed by atoms with E-state index < -0.39 is 13.2 Å². The van der Waals surface area contributed by atoms with Crippen molar-refractivity contribution >= 4 is 30.3 Å². The number of aryl methyl sites for hydroxylation is 1. The predicted molar refractivity (Wildman–Crippen MR) is 148 cm³/mol. The van der Waals surface area contributed by atoms with E-state index in [1.54, 1.807) is 7.11 Å². The van der Waals surface area contributed by atoms with E-state index in [0.717, 1.165) is 46.3 Å². The van der Waals surface area contributed by atoms with E-state index >= 15 is 0 Å². The van der Waals surface area contributed by atoms with Gasteiger partial charge in [0.25, 0.3) is 0 Å². The SMILES string of the molecule is COc1ccc2c(c1)C(c1ccc(Cl)cc1)=NC(CC(=O)NCC1=CC3=C(CC1)COB3O)c1nnc(C)n1-2. The van der Waals surface area contributed by atoms with Crippen LogP contribution in [0, 0.1) is 6.92 Å². The lowest BCUT2D eigenvalue weighted by molar-refractivity contribution is -0.121. The van der Waals surface area contributed by atoms with Crippen LogP contribution in [0.5, 0.6) is 5.75 Å². The maximum absolute atomic E-state index is 13.2. The number of carbonyl (C=O) groups is 1. The summed E-state index contributed by atoms with van der Waals surface area (Å²) in [5, 5.41) is 22.5. The van der Waals surface area contributed by atoms with Gasteiger partial charge in [0, 0.05) is 22.7 Å². The average molecular weight is 544 g/mol. The molecule has 2 aliphatic heterocycles. The molecule has 11 heteroatoms. The molecular weight excluding hydrogens is 517 g/mol. The lowest BCUT2D eigenvalue weighted by Gasteiger charge is -2.17. The summed E-state index contributed by atoms with van der Waals surface area (Å²) in [5.41, 5.74) is 6.29. The molecule has 1 amide bonds. The maximum Gasteiger partial charge on any atom is 0.491 e. The van der Waals surface area contributed by atoms with Gasteiger partial charge in [0.15, 0.2) is 5.82 Å². The van der Waals surface area contributed by atoms with Crippen molar-refractivity contribution in [1.82, 2.24) is 20.1 Å². The first-order chi connectivity index (χ1) is 18.9. The Morgan fingerprint density at radius 1 is 1.23 bits per heavy atom. The number of nitrogens with one attached hydrogen (secondary N) is 1. The lowest BCUT2D eigenvalue weighted by atomic mass is 9.74. The Labute approximate surface area is 231 Å². The molecule has 0 saturated carbocycles. The number of allylic oxidation sites excluding steroid dienone is 2. The minimum atomic E-state index is -0.882. The van der Waals surface area contributed by atoms with Gasteiger partial charge in [-0.25, -0.2) is 0 Å².